The maximum atomic E-state index is 6.77. The van der Waals surface area contributed by atoms with Crippen LogP contribution in [0.15, 0.2) is 258 Å². The van der Waals surface area contributed by atoms with Crippen molar-refractivity contribution >= 4 is 71.7 Å². The molecule has 1 aliphatic carbocycles. The lowest BCUT2D eigenvalue weighted by molar-refractivity contribution is 0.669. The molecular weight excluding hydrogens is 827 g/mol. The largest absolute Gasteiger partial charge is 0.456 e. The maximum Gasteiger partial charge on any atom is 0.143 e. The zero-order chi connectivity index (χ0) is 44.8. The van der Waals surface area contributed by atoms with Gasteiger partial charge < -0.3 is 13.7 Å². The summed E-state index contributed by atoms with van der Waals surface area (Å²) in [6.45, 7) is 0. The lowest BCUT2D eigenvalue weighted by atomic mass is 9.67. The summed E-state index contributed by atoms with van der Waals surface area (Å²) in [5, 5.41) is 6.72. The first-order chi connectivity index (χ1) is 33.7. The van der Waals surface area contributed by atoms with Crippen LogP contribution in [0.3, 0.4) is 0 Å². The van der Waals surface area contributed by atoms with E-state index in [-0.39, 0.29) is 0 Å². The Bertz CT molecular complexity index is 4050. The number of benzene rings is 11. The Morgan fingerprint density at radius 3 is 1.69 bits per heavy atom. The van der Waals surface area contributed by atoms with Gasteiger partial charge in [0.1, 0.15) is 22.3 Å². The lowest BCUT2D eigenvalue weighted by Gasteiger charge is -2.35. The third-order valence-corrected chi connectivity index (χ3v) is 14.4. The number of hydrogen-bond acceptors (Lipinski definition) is 3. The molecule has 3 nitrogen and oxygen atoms in total. The first-order valence-corrected chi connectivity index (χ1v) is 23.3. The van der Waals surface area contributed by atoms with E-state index in [1.807, 2.05) is 12.1 Å². The summed E-state index contributed by atoms with van der Waals surface area (Å²) in [5.41, 5.74) is 18.1. The SMILES string of the molecule is c1ccc(C2(c3ccccc3)c3ccccc3-c3ccc(N(c4ccc(-c5cccc6oc7ccccc7c56)cc4)c4ccccc4-c4cccc5oc6c7ccccc7ccc6c45)cc32)cc1. The summed E-state index contributed by atoms with van der Waals surface area (Å²) in [6.07, 6.45) is 0. The van der Waals surface area contributed by atoms with E-state index in [1.54, 1.807) is 0 Å². The summed E-state index contributed by atoms with van der Waals surface area (Å²) in [5.74, 6) is 0. The van der Waals surface area contributed by atoms with E-state index in [1.165, 1.54) is 33.4 Å². The van der Waals surface area contributed by atoms with Crippen molar-refractivity contribution in [2.75, 3.05) is 4.90 Å². The van der Waals surface area contributed by atoms with Gasteiger partial charge in [0.15, 0.2) is 0 Å². The van der Waals surface area contributed by atoms with Crippen molar-refractivity contribution in [1.82, 2.24) is 0 Å². The van der Waals surface area contributed by atoms with E-state index >= 15 is 0 Å². The van der Waals surface area contributed by atoms with Gasteiger partial charge in [0.25, 0.3) is 0 Å². The fraction of sp³-hybridized carbons (Fsp3) is 0.0154. The fourth-order valence-electron chi connectivity index (χ4n) is 11.5. The van der Waals surface area contributed by atoms with Gasteiger partial charge in [-0.1, -0.05) is 194 Å². The first kappa shape index (κ1) is 38.4. The third-order valence-electron chi connectivity index (χ3n) is 14.4. The smallest absolute Gasteiger partial charge is 0.143 e. The molecule has 0 fully saturated rings. The van der Waals surface area contributed by atoms with Crippen molar-refractivity contribution in [3.63, 3.8) is 0 Å². The van der Waals surface area contributed by atoms with Crippen LogP contribution in [0.1, 0.15) is 22.3 Å². The van der Waals surface area contributed by atoms with Crippen molar-refractivity contribution in [2.45, 2.75) is 5.41 Å². The molecule has 68 heavy (non-hydrogen) atoms. The molecule has 0 radical (unpaired) electrons. The van der Waals surface area contributed by atoms with E-state index in [0.29, 0.717) is 0 Å². The molecule has 14 rings (SSSR count). The van der Waals surface area contributed by atoms with E-state index in [0.717, 1.165) is 94.0 Å². The minimum absolute atomic E-state index is 0.560. The van der Waals surface area contributed by atoms with Crippen molar-refractivity contribution in [1.29, 1.82) is 0 Å². The summed E-state index contributed by atoms with van der Waals surface area (Å²) >= 11 is 0. The van der Waals surface area contributed by atoms with Crippen LogP contribution in [0, 0.1) is 0 Å². The number of nitrogens with zero attached hydrogens (tertiary/aromatic N) is 1. The molecule has 0 aliphatic heterocycles. The topological polar surface area (TPSA) is 29.5 Å². The van der Waals surface area contributed by atoms with E-state index in [4.69, 9.17) is 8.83 Å². The number of para-hydroxylation sites is 2. The molecule has 1 aliphatic rings. The number of fused-ring (bicyclic) bond motifs is 11. The van der Waals surface area contributed by atoms with Gasteiger partial charge in [-0.05, 0) is 110 Å². The third kappa shape index (κ3) is 5.60. The second kappa shape index (κ2) is 15.1. The molecule has 0 bridgehead atoms. The maximum absolute atomic E-state index is 6.77. The van der Waals surface area contributed by atoms with Gasteiger partial charge in [-0.25, -0.2) is 0 Å². The molecule has 13 aromatic rings. The molecular formula is C65H41NO2. The average molecular weight is 868 g/mol. The van der Waals surface area contributed by atoms with Crippen molar-refractivity contribution < 1.29 is 8.83 Å². The van der Waals surface area contributed by atoms with Crippen LogP contribution >= 0.6 is 0 Å². The van der Waals surface area contributed by atoms with Crippen LogP contribution in [0.4, 0.5) is 17.1 Å². The Kier molecular flexibility index (Phi) is 8.50. The molecule has 0 saturated carbocycles. The quantitative estimate of drug-likeness (QED) is 0.160. The second-order valence-electron chi connectivity index (χ2n) is 17.9. The Morgan fingerprint density at radius 2 is 0.897 bits per heavy atom. The molecule has 0 N–H and O–H groups in total. The monoisotopic (exact) mass is 867 g/mol. The zero-order valence-electron chi connectivity index (χ0n) is 36.9. The summed E-state index contributed by atoms with van der Waals surface area (Å²) < 4.78 is 13.1. The molecule has 3 heteroatoms. The van der Waals surface area contributed by atoms with Gasteiger partial charge >= 0.3 is 0 Å². The summed E-state index contributed by atoms with van der Waals surface area (Å²) in [4.78, 5) is 2.45. The van der Waals surface area contributed by atoms with Crippen LogP contribution in [0.25, 0.3) is 88.0 Å². The number of hydrogen-bond donors (Lipinski definition) is 0. The van der Waals surface area contributed by atoms with Crippen molar-refractivity contribution in [3.05, 3.63) is 271 Å². The number of furan rings is 2. The molecule has 318 valence electrons. The molecule has 0 atom stereocenters. The predicted molar refractivity (Wildman–Crippen MR) is 281 cm³/mol. The lowest BCUT2D eigenvalue weighted by Crippen LogP contribution is -2.28. The van der Waals surface area contributed by atoms with Crippen LogP contribution in [-0.2, 0) is 5.41 Å². The minimum Gasteiger partial charge on any atom is -0.456 e. The first-order valence-electron chi connectivity index (χ1n) is 23.3. The Balaban J connectivity index is 1.02. The Labute approximate surface area is 393 Å². The van der Waals surface area contributed by atoms with Crippen LogP contribution in [0.2, 0.25) is 0 Å². The van der Waals surface area contributed by atoms with Gasteiger partial charge in [-0.15, -0.1) is 0 Å². The highest BCUT2D eigenvalue weighted by Crippen LogP contribution is 2.58. The second-order valence-corrected chi connectivity index (χ2v) is 17.9. The molecule has 2 aromatic heterocycles. The molecule has 0 unspecified atom stereocenters. The molecule has 0 saturated heterocycles. The number of anilines is 3. The fourth-order valence-corrected chi connectivity index (χ4v) is 11.5. The predicted octanol–water partition coefficient (Wildman–Crippen LogP) is 17.8. The minimum atomic E-state index is -0.560. The van der Waals surface area contributed by atoms with Gasteiger partial charge in [-0.3, -0.25) is 0 Å². The van der Waals surface area contributed by atoms with Crippen LogP contribution in [-0.4, -0.2) is 0 Å². The van der Waals surface area contributed by atoms with Gasteiger partial charge in [0, 0.05) is 43.9 Å². The van der Waals surface area contributed by atoms with Crippen LogP contribution < -0.4 is 4.90 Å². The van der Waals surface area contributed by atoms with Crippen molar-refractivity contribution in [3.8, 4) is 33.4 Å². The van der Waals surface area contributed by atoms with E-state index in [2.05, 4.69) is 241 Å². The molecule has 0 amide bonds. The molecule has 0 spiro atoms. The zero-order valence-corrected chi connectivity index (χ0v) is 36.9. The Morgan fingerprint density at radius 1 is 0.324 bits per heavy atom. The molecule has 2 heterocycles. The van der Waals surface area contributed by atoms with Crippen LogP contribution in [0.5, 0.6) is 0 Å². The highest BCUT2D eigenvalue weighted by molar-refractivity contribution is 6.20. The highest BCUT2D eigenvalue weighted by atomic mass is 16.3. The van der Waals surface area contributed by atoms with Gasteiger partial charge in [0.2, 0.25) is 0 Å². The Hall–Kier alpha value is -8.92. The average Bonchev–Trinajstić information content (AvgIpc) is 4.08. The van der Waals surface area contributed by atoms with E-state index in [9.17, 15) is 0 Å². The van der Waals surface area contributed by atoms with Gasteiger partial charge in [0.05, 0.1) is 11.1 Å². The van der Waals surface area contributed by atoms with Gasteiger partial charge in [-0.2, -0.15) is 0 Å². The molecule has 11 aromatic carbocycles. The normalized spacial score (nSPS) is 12.8. The summed E-state index contributed by atoms with van der Waals surface area (Å²) in [7, 11) is 0. The number of rotatable bonds is 7. The summed E-state index contributed by atoms with van der Waals surface area (Å²) in [6, 6.07) is 90.1. The highest BCUT2D eigenvalue weighted by Gasteiger charge is 2.46. The van der Waals surface area contributed by atoms with E-state index < -0.39 is 5.41 Å². The van der Waals surface area contributed by atoms with Crippen molar-refractivity contribution in [2.24, 2.45) is 0 Å². The standard InChI is InChI=1S/C65H41NO2/c1-3-18-44(19-4-1)65(45-20-5-2-6-21-45)56-28-12-9-23-50(56)51-40-38-47(41-57(51)65)66(46-36-33-43(34-37-46)48-26-15-31-60-62(48)54-25-11-14-30-59(54)67-60)58-29-13-10-24-52(58)53-27-16-32-61-63(53)55-39-35-42-17-7-8-22-49(42)64(55)68-61/h1-41H.